The van der Waals surface area contributed by atoms with Crippen molar-refractivity contribution in [3.8, 4) is 0 Å². The first-order valence-corrected chi connectivity index (χ1v) is 5.01. The highest BCUT2D eigenvalue weighted by Gasteiger charge is 1.94. The van der Waals surface area contributed by atoms with E-state index in [1.54, 1.807) is 0 Å². The molecular weight excluding hydrogens is 148 g/mol. The molecule has 0 aliphatic rings. The minimum atomic E-state index is -0.156. The molecule has 0 fully saturated rings. The minimum absolute atomic E-state index is 0.156. The Kier molecular flexibility index (Phi) is 7.17. The molecule has 0 aromatic rings. The molecule has 2 unspecified atom stereocenters. The fourth-order valence-electron chi connectivity index (χ4n) is 1.22. The number of aliphatic hydroxyl groups excluding tert-OH is 1. The van der Waals surface area contributed by atoms with Crippen LogP contribution in [0.25, 0.3) is 0 Å². The van der Waals surface area contributed by atoms with Gasteiger partial charge in [0.1, 0.15) is 0 Å². The standard InChI is InChI=1S/C11H22O/c1-4-7-10(2)8-5-6-9-11(3)12/h5,8,10-12H,4,6-7,9H2,1-3H3/b8-5+. The van der Waals surface area contributed by atoms with Gasteiger partial charge in [-0.3, -0.25) is 0 Å². The molecule has 0 saturated heterocycles. The zero-order valence-corrected chi connectivity index (χ0v) is 8.59. The number of hydrogen-bond donors (Lipinski definition) is 1. The fraction of sp³-hybridized carbons (Fsp3) is 0.818. The van der Waals surface area contributed by atoms with Crippen LogP contribution in [0.3, 0.4) is 0 Å². The van der Waals surface area contributed by atoms with Crippen LogP contribution in [0.2, 0.25) is 0 Å². The molecule has 0 aromatic heterocycles. The van der Waals surface area contributed by atoms with Crippen molar-refractivity contribution in [1.29, 1.82) is 0 Å². The highest BCUT2D eigenvalue weighted by molar-refractivity contribution is 4.86. The SMILES string of the molecule is CCCC(C)/C=C/CCC(C)O. The van der Waals surface area contributed by atoms with Crippen LogP contribution < -0.4 is 0 Å². The van der Waals surface area contributed by atoms with E-state index in [9.17, 15) is 0 Å². The lowest BCUT2D eigenvalue weighted by Gasteiger charge is -2.03. The molecule has 12 heavy (non-hydrogen) atoms. The topological polar surface area (TPSA) is 20.2 Å². The summed E-state index contributed by atoms with van der Waals surface area (Å²) in [4.78, 5) is 0. The van der Waals surface area contributed by atoms with E-state index in [0.717, 1.165) is 12.8 Å². The summed E-state index contributed by atoms with van der Waals surface area (Å²) in [7, 11) is 0. The second-order valence-electron chi connectivity index (χ2n) is 3.62. The average Bonchev–Trinajstić information content (AvgIpc) is 1.98. The van der Waals surface area contributed by atoms with E-state index < -0.39 is 0 Å². The van der Waals surface area contributed by atoms with E-state index in [4.69, 9.17) is 5.11 Å². The van der Waals surface area contributed by atoms with Crippen LogP contribution in [0.4, 0.5) is 0 Å². The van der Waals surface area contributed by atoms with E-state index in [2.05, 4.69) is 26.0 Å². The summed E-state index contributed by atoms with van der Waals surface area (Å²) in [5, 5.41) is 8.99. The summed E-state index contributed by atoms with van der Waals surface area (Å²) in [6.45, 7) is 6.28. The van der Waals surface area contributed by atoms with Gasteiger partial charge in [0.25, 0.3) is 0 Å². The Hall–Kier alpha value is -0.300. The van der Waals surface area contributed by atoms with Crippen LogP contribution in [-0.2, 0) is 0 Å². The molecule has 0 rings (SSSR count). The lowest BCUT2D eigenvalue weighted by Crippen LogP contribution is -1.97. The molecule has 0 aromatic carbocycles. The number of rotatable bonds is 6. The van der Waals surface area contributed by atoms with Crippen molar-refractivity contribution in [2.75, 3.05) is 0 Å². The van der Waals surface area contributed by atoms with Crippen LogP contribution in [0, 0.1) is 5.92 Å². The van der Waals surface area contributed by atoms with E-state index >= 15 is 0 Å². The second-order valence-corrected chi connectivity index (χ2v) is 3.62. The average molecular weight is 170 g/mol. The van der Waals surface area contributed by atoms with Gasteiger partial charge in [-0.15, -0.1) is 0 Å². The first-order valence-electron chi connectivity index (χ1n) is 5.01. The number of hydrogen-bond acceptors (Lipinski definition) is 1. The van der Waals surface area contributed by atoms with Gasteiger partial charge in [-0.2, -0.15) is 0 Å². The maximum Gasteiger partial charge on any atom is 0.0515 e. The summed E-state index contributed by atoms with van der Waals surface area (Å²) in [6.07, 6.45) is 8.70. The van der Waals surface area contributed by atoms with Gasteiger partial charge in [0.2, 0.25) is 0 Å². The normalized spacial score (nSPS) is 16.7. The fourth-order valence-corrected chi connectivity index (χ4v) is 1.22. The molecule has 0 spiro atoms. The van der Waals surface area contributed by atoms with Gasteiger partial charge in [0.05, 0.1) is 6.10 Å². The monoisotopic (exact) mass is 170 g/mol. The van der Waals surface area contributed by atoms with Gasteiger partial charge in [-0.1, -0.05) is 32.4 Å². The van der Waals surface area contributed by atoms with Crippen molar-refractivity contribution in [2.24, 2.45) is 5.92 Å². The van der Waals surface area contributed by atoms with Crippen LogP contribution in [0.15, 0.2) is 12.2 Å². The van der Waals surface area contributed by atoms with Crippen LogP contribution in [0.5, 0.6) is 0 Å². The van der Waals surface area contributed by atoms with Gasteiger partial charge < -0.3 is 5.11 Å². The molecule has 0 aliphatic carbocycles. The highest BCUT2D eigenvalue weighted by Crippen LogP contribution is 2.07. The highest BCUT2D eigenvalue weighted by atomic mass is 16.3. The van der Waals surface area contributed by atoms with Crippen molar-refractivity contribution >= 4 is 0 Å². The summed E-state index contributed by atoms with van der Waals surface area (Å²) < 4.78 is 0. The Morgan fingerprint density at radius 1 is 1.25 bits per heavy atom. The molecule has 72 valence electrons. The predicted octanol–water partition coefficient (Wildman–Crippen LogP) is 3.14. The summed E-state index contributed by atoms with van der Waals surface area (Å²) in [6, 6.07) is 0. The third-order valence-electron chi connectivity index (χ3n) is 1.96. The Morgan fingerprint density at radius 2 is 1.92 bits per heavy atom. The second kappa shape index (κ2) is 7.35. The molecule has 0 radical (unpaired) electrons. The van der Waals surface area contributed by atoms with E-state index in [0.29, 0.717) is 5.92 Å². The molecular formula is C11H22O. The lowest BCUT2D eigenvalue weighted by atomic mass is 10.0. The Bertz CT molecular complexity index is 116. The third-order valence-corrected chi connectivity index (χ3v) is 1.96. The van der Waals surface area contributed by atoms with Crippen molar-refractivity contribution in [1.82, 2.24) is 0 Å². The predicted molar refractivity (Wildman–Crippen MR) is 54.1 cm³/mol. The van der Waals surface area contributed by atoms with E-state index in [1.807, 2.05) is 6.92 Å². The molecule has 0 aliphatic heterocycles. The molecule has 0 bridgehead atoms. The molecule has 1 N–H and O–H groups in total. The van der Waals surface area contributed by atoms with Crippen LogP contribution in [0.1, 0.15) is 46.5 Å². The largest absolute Gasteiger partial charge is 0.393 e. The third kappa shape index (κ3) is 7.80. The molecule has 0 saturated carbocycles. The molecule has 1 nitrogen and oxygen atoms in total. The molecule has 0 amide bonds. The van der Waals surface area contributed by atoms with Crippen molar-refractivity contribution in [3.63, 3.8) is 0 Å². The Balaban J connectivity index is 3.34. The Labute approximate surface area is 76.5 Å². The van der Waals surface area contributed by atoms with Gasteiger partial charge in [-0.25, -0.2) is 0 Å². The molecule has 1 heteroatoms. The quantitative estimate of drug-likeness (QED) is 0.607. The van der Waals surface area contributed by atoms with E-state index in [-0.39, 0.29) is 6.10 Å². The van der Waals surface area contributed by atoms with Gasteiger partial charge in [0, 0.05) is 0 Å². The summed E-state index contributed by atoms with van der Waals surface area (Å²) in [5.74, 6) is 0.698. The van der Waals surface area contributed by atoms with Crippen molar-refractivity contribution in [2.45, 2.75) is 52.6 Å². The maximum atomic E-state index is 8.99. The van der Waals surface area contributed by atoms with Gasteiger partial charge in [0.15, 0.2) is 0 Å². The zero-order valence-electron chi connectivity index (χ0n) is 8.59. The van der Waals surface area contributed by atoms with Crippen molar-refractivity contribution < 1.29 is 5.11 Å². The summed E-state index contributed by atoms with van der Waals surface area (Å²) in [5.41, 5.74) is 0. The van der Waals surface area contributed by atoms with Crippen molar-refractivity contribution in [3.05, 3.63) is 12.2 Å². The van der Waals surface area contributed by atoms with E-state index in [1.165, 1.54) is 12.8 Å². The van der Waals surface area contributed by atoms with Gasteiger partial charge in [-0.05, 0) is 32.1 Å². The summed E-state index contributed by atoms with van der Waals surface area (Å²) >= 11 is 0. The number of allylic oxidation sites excluding steroid dienone is 2. The minimum Gasteiger partial charge on any atom is -0.393 e. The molecule has 0 heterocycles. The smallest absolute Gasteiger partial charge is 0.0515 e. The number of aliphatic hydroxyl groups is 1. The Morgan fingerprint density at radius 3 is 2.42 bits per heavy atom. The maximum absolute atomic E-state index is 8.99. The van der Waals surface area contributed by atoms with Gasteiger partial charge >= 0.3 is 0 Å². The lowest BCUT2D eigenvalue weighted by molar-refractivity contribution is 0.186. The zero-order chi connectivity index (χ0) is 9.40. The molecule has 2 atom stereocenters. The van der Waals surface area contributed by atoms with Crippen LogP contribution in [-0.4, -0.2) is 11.2 Å². The van der Waals surface area contributed by atoms with Crippen LogP contribution >= 0.6 is 0 Å². The first-order chi connectivity index (χ1) is 5.66. The first kappa shape index (κ1) is 11.7.